The van der Waals surface area contributed by atoms with E-state index in [0.717, 1.165) is 18.8 Å². The summed E-state index contributed by atoms with van der Waals surface area (Å²) in [4.78, 5) is 15.3. The van der Waals surface area contributed by atoms with Crippen molar-refractivity contribution in [1.29, 1.82) is 0 Å². The molecule has 1 aromatic heterocycles. The lowest BCUT2D eigenvalue weighted by Gasteiger charge is -2.19. The molecule has 0 atom stereocenters. The van der Waals surface area contributed by atoms with Gasteiger partial charge >= 0.3 is 0 Å². The van der Waals surface area contributed by atoms with Crippen LogP contribution in [-0.4, -0.2) is 35.1 Å². The Labute approximate surface area is 138 Å². The minimum absolute atomic E-state index is 0.539. The quantitative estimate of drug-likeness (QED) is 0.730. The van der Waals surface area contributed by atoms with E-state index < -0.39 is 0 Å². The van der Waals surface area contributed by atoms with Crippen LogP contribution in [0.5, 0.6) is 0 Å². The van der Waals surface area contributed by atoms with Gasteiger partial charge in [0.15, 0.2) is 0 Å². The normalized spacial score (nSPS) is 10.3. The second-order valence-electron chi connectivity index (χ2n) is 4.34. The minimum atomic E-state index is 0.539. The van der Waals surface area contributed by atoms with E-state index in [1.165, 1.54) is 3.57 Å². The number of aromatic nitrogens is 3. The molecule has 0 fully saturated rings. The Morgan fingerprint density at radius 3 is 2.19 bits per heavy atom. The SMILES string of the molecule is CCN(CC)c1nc(NC)nc(Nc2ccc(I)cc2)n1. The standard InChI is InChI=1S/C14H19IN6/c1-4-21(5-2)14-19-12(16-3)18-13(20-14)17-11-8-6-10(15)7-9-11/h6-9H,4-5H2,1-3H3,(H2,16,17,18,19,20). The molecule has 0 aliphatic heterocycles. The molecule has 1 heterocycles. The van der Waals surface area contributed by atoms with Crippen LogP contribution in [-0.2, 0) is 0 Å². The number of rotatable bonds is 6. The molecule has 2 aromatic rings. The molecular formula is C14H19IN6. The van der Waals surface area contributed by atoms with Crippen molar-refractivity contribution in [2.45, 2.75) is 13.8 Å². The highest BCUT2D eigenvalue weighted by molar-refractivity contribution is 14.1. The summed E-state index contributed by atoms with van der Waals surface area (Å²) in [6.45, 7) is 5.87. The maximum absolute atomic E-state index is 4.49. The fourth-order valence-electron chi connectivity index (χ4n) is 1.84. The summed E-state index contributed by atoms with van der Waals surface area (Å²) in [5, 5.41) is 6.19. The minimum Gasteiger partial charge on any atom is -0.357 e. The van der Waals surface area contributed by atoms with Gasteiger partial charge in [-0.25, -0.2) is 0 Å². The summed E-state index contributed by atoms with van der Waals surface area (Å²) >= 11 is 2.28. The van der Waals surface area contributed by atoms with E-state index in [1.807, 2.05) is 24.3 Å². The van der Waals surface area contributed by atoms with Gasteiger partial charge in [0.1, 0.15) is 0 Å². The molecule has 2 N–H and O–H groups in total. The molecule has 0 aliphatic carbocycles. The van der Waals surface area contributed by atoms with Crippen molar-refractivity contribution in [1.82, 2.24) is 15.0 Å². The van der Waals surface area contributed by atoms with Gasteiger partial charge < -0.3 is 15.5 Å². The topological polar surface area (TPSA) is 66.0 Å². The van der Waals surface area contributed by atoms with Gasteiger partial charge in [-0.05, 0) is 60.7 Å². The van der Waals surface area contributed by atoms with E-state index in [0.29, 0.717) is 17.8 Å². The number of halogens is 1. The number of hydrogen-bond donors (Lipinski definition) is 2. The summed E-state index contributed by atoms with van der Waals surface area (Å²) in [7, 11) is 1.80. The Morgan fingerprint density at radius 2 is 1.62 bits per heavy atom. The van der Waals surface area contributed by atoms with Gasteiger partial charge in [-0.15, -0.1) is 0 Å². The number of anilines is 4. The van der Waals surface area contributed by atoms with Crippen LogP contribution in [0.25, 0.3) is 0 Å². The zero-order chi connectivity index (χ0) is 15.2. The van der Waals surface area contributed by atoms with Crippen molar-refractivity contribution in [3.8, 4) is 0 Å². The lowest BCUT2D eigenvalue weighted by atomic mass is 10.3. The van der Waals surface area contributed by atoms with Crippen molar-refractivity contribution in [3.63, 3.8) is 0 Å². The Bertz CT molecular complexity index is 583. The van der Waals surface area contributed by atoms with Crippen LogP contribution in [0.4, 0.5) is 23.5 Å². The molecule has 2 rings (SSSR count). The van der Waals surface area contributed by atoms with Crippen molar-refractivity contribution in [2.75, 3.05) is 35.7 Å². The molecule has 0 unspecified atom stereocenters. The van der Waals surface area contributed by atoms with E-state index in [9.17, 15) is 0 Å². The van der Waals surface area contributed by atoms with Crippen molar-refractivity contribution in [3.05, 3.63) is 27.8 Å². The Kier molecular flexibility index (Phi) is 5.54. The van der Waals surface area contributed by atoms with E-state index in [2.05, 4.69) is 66.9 Å². The van der Waals surface area contributed by atoms with Gasteiger partial charge in [0.05, 0.1) is 0 Å². The second-order valence-corrected chi connectivity index (χ2v) is 5.58. The van der Waals surface area contributed by atoms with Crippen LogP contribution in [0, 0.1) is 3.57 Å². The fourth-order valence-corrected chi connectivity index (χ4v) is 2.20. The van der Waals surface area contributed by atoms with E-state index in [4.69, 9.17) is 0 Å². The molecule has 0 amide bonds. The first-order valence-corrected chi connectivity index (χ1v) is 7.95. The lowest BCUT2D eigenvalue weighted by molar-refractivity contribution is 0.815. The third-order valence-electron chi connectivity index (χ3n) is 2.99. The van der Waals surface area contributed by atoms with Crippen LogP contribution in [0.1, 0.15) is 13.8 Å². The third kappa shape index (κ3) is 4.16. The molecule has 0 aliphatic rings. The Balaban J connectivity index is 2.29. The molecular weight excluding hydrogens is 379 g/mol. The van der Waals surface area contributed by atoms with Crippen molar-refractivity contribution < 1.29 is 0 Å². The number of hydrogen-bond acceptors (Lipinski definition) is 6. The third-order valence-corrected chi connectivity index (χ3v) is 3.71. The highest BCUT2D eigenvalue weighted by Gasteiger charge is 2.10. The molecule has 0 bridgehead atoms. The van der Waals surface area contributed by atoms with Crippen LogP contribution in [0.15, 0.2) is 24.3 Å². The average molecular weight is 398 g/mol. The lowest BCUT2D eigenvalue weighted by Crippen LogP contribution is -2.25. The number of nitrogens with zero attached hydrogens (tertiary/aromatic N) is 4. The highest BCUT2D eigenvalue weighted by atomic mass is 127. The van der Waals surface area contributed by atoms with E-state index in [1.54, 1.807) is 7.05 Å². The summed E-state index contributed by atoms with van der Waals surface area (Å²) in [6, 6.07) is 8.08. The maximum atomic E-state index is 4.49. The zero-order valence-electron chi connectivity index (χ0n) is 12.4. The molecule has 6 nitrogen and oxygen atoms in total. The molecule has 0 radical (unpaired) electrons. The van der Waals surface area contributed by atoms with Crippen LogP contribution in [0.3, 0.4) is 0 Å². The Hall–Kier alpha value is -1.64. The average Bonchev–Trinajstić information content (AvgIpc) is 2.50. The number of nitrogens with one attached hydrogen (secondary N) is 2. The molecule has 21 heavy (non-hydrogen) atoms. The zero-order valence-corrected chi connectivity index (χ0v) is 14.5. The smallest absolute Gasteiger partial charge is 0.233 e. The molecule has 7 heteroatoms. The summed E-state index contributed by atoms with van der Waals surface area (Å²) < 4.78 is 1.19. The molecule has 0 saturated heterocycles. The van der Waals surface area contributed by atoms with Gasteiger partial charge in [0.25, 0.3) is 0 Å². The largest absolute Gasteiger partial charge is 0.357 e. The molecule has 112 valence electrons. The number of benzene rings is 1. The van der Waals surface area contributed by atoms with Crippen molar-refractivity contribution in [2.24, 2.45) is 0 Å². The summed E-state index contributed by atoms with van der Waals surface area (Å²) in [5.74, 6) is 1.77. The van der Waals surface area contributed by atoms with Gasteiger partial charge in [0.2, 0.25) is 17.8 Å². The predicted molar refractivity (Wildman–Crippen MR) is 95.4 cm³/mol. The molecule has 0 spiro atoms. The van der Waals surface area contributed by atoms with E-state index in [-0.39, 0.29) is 0 Å². The van der Waals surface area contributed by atoms with Gasteiger partial charge in [0, 0.05) is 29.4 Å². The van der Waals surface area contributed by atoms with Gasteiger partial charge in [-0.3, -0.25) is 0 Å². The Morgan fingerprint density at radius 1 is 1.00 bits per heavy atom. The summed E-state index contributed by atoms with van der Waals surface area (Å²) in [5.41, 5.74) is 0.953. The summed E-state index contributed by atoms with van der Waals surface area (Å²) in [6.07, 6.45) is 0. The van der Waals surface area contributed by atoms with Crippen LogP contribution >= 0.6 is 22.6 Å². The predicted octanol–water partition coefficient (Wildman–Crippen LogP) is 3.11. The second kappa shape index (κ2) is 7.39. The van der Waals surface area contributed by atoms with E-state index >= 15 is 0 Å². The fraction of sp³-hybridized carbons (Fsp3) is 0.357. The first kappa shape index (κ1) is 15.7. The van der Waals surface area contributed by atoms with Gasteiger partial charge in [-0.2, -0.15) is 15.0 Å². The first-order chi connectivity index (χ1) is 10.2. The highest BCUT2D eigenvalue weighted by Crippen LogP contribution is 2.18. The maximum Gasteiger partial charge on any atom is 0.233 e. The van der Waals surface area contributed by atoms with Crippen LogP contribution in [0.2, 0.25) is 0 Å². The van der Waals surface area contributed by atoms with Crippen molar-refractivity contribution >= 4 is 46.1 Å². The first-order valence-electron chi connectivity index (χ1n) is 6.87. The van der Waals surface area contributed by atoms with Gasteiger partial charge in [-0.1, -0.05) is 0 Å². The molecule has 1 aromatic carbocycles. The molecule has 0 saturated carbocycles. The van der Waals surface area contributed by atoms with Crippen LogP contribution < -0.4 is 15.5 Å². The monoisotopic (exact) mass is 398 g/mol.